The summed E-state index contributed by atoms with van der Waals surface area (Å²) in [5.74, 6) is -0.193. The van der Waals surface area contributed by atoms with Crippen LogP contribution in [0.2, 0.25) is 0 Å². The molecule has 0 aliphatic heterocycles. The first-order valence-corrected chi connectivity index (χ1v) is 8.78. The number of thiophene rings is 1. The number of rotatable bonds is 3. The fraction of sp³-hybridized carbons (Fsp3) is 0.312. The van der Waals surface area contributed by atoms with E-state index in [0.29, 0.717) is 16.5 Å². The number of nitrogens with two attached hydrogens (primary N) is 1. The summed E-state index contributed by atoms with van der Waals surface area (Å²) in [4.78, 5) is 25.0. The van der Waals surface area contributed by atoms with Crippen LogP contribution in [-0.4, -0.2) is 16.9 Å². The fourth-order valence-corrected chi connectivity index (χ4v) is 4.49. The quantitative estimate of drug-likeness (QED) is 0.729. The number of furan rings is 1. The highest BCUT2D eigenvalue weighted by Crippen LogP contribution is 2.39. The van der Waals surface area contributed by atoms with Crippen molar-refractivity contribution in [3.05, 3.63) is 40.2 Å². The number of carbonyl (C=O) groups excluding carboxylic acids is 2. The Balaban J connectivity index is 1.78. The number of nitrogens with one attached hydrogen (secondary N) is 2. The highest BCUT2D eigenvalue weighted by atomic mass is 32.1. The molecule has 0 saturated heterocycles. The highest BCUT2D eigenvalue weighted by Gasteiger charge is 2.27. The Labute approximate surface area is 148 Å². The zero-order valence-electron chi connectivity index (χ0n) is 13.0. The maximum absolute atomic E-state index is 11.9. The van der Waals surface area contributed by atoms with Crippen molar-refractivity contribution in [3.63, 3.8) is 0 Å². The minimum absolute atomic E-state index is 0.102. The van der Waals surface area contributed by atoms with Crippen LogP contribution >= 0.6 is 23.6 Å². The third-order valence-corrected chi connectivity index (χ3v) is 5.33. The standard InChI is InChI=1S/C16H17N3O3S2/c1-8-4-5-9-11(7-8)24-15(12(9)13(17)20)19-16(23)18-14(21)10-3-2-6-22-10/h2-3,6,8H,4-5,7H2,1H3,(H2,17,20)(H2,18,19,21,23)/t8-/m0/s1. The van der Waals surface area contributed by atoms with E-state index in [4.69, 9.17) is 22.4 Å². The van der Waals surface area contributed by atoms with Gasteiger partial charge in [-0.05, 0) is 55.1 Å². The van der Waals surface area contributed by atoms with Crippen molar-refractivity contribution in [1.29, 1.82) is 0 Å². The fourth-order valence-electron chi connectivity index (χ4n) is 2.81. The molecule has 3 rings (SSSR count). The Morgan fingerprint density at radius 2 is 2.25 bits per heavy atom. The summed E-state index contributed by atoms with van der Waals surface area (Å²) >= 11 is 6.64. The molecule has 2 aromatic rings. The molecule has 2 heterocycles. The number of primary amides is 1. The molecule has 24 heavy (non-hydrogen) atoms. The SMILES string of the molecule is C[C@H]1CCc2c(sc(NC(=S)NC(=O)c3ccco3)c2C(N)=O)C1. The van der Waals surface area contributed by atoms with Gasteiger partial charge in [0.1, 0.15) is 5.00 Å². The zero-order valence-corrected chi connectivity index (χ0v) is 14.7. The lowest BCUT2D eigenvalue weighted by atomic mass is 9.88. The van der Waals surface area contributed by atoms with Crippen molar-refractivity contribution in [2.24, 2.45) is 11.7 Å². The van der Waals surface area contributed by atoms with Crippen LogP contribution in [0, 0.1) is 5.92 Å². The second-order valence-corrected chi connectivity index (χ2v) is 7.32. The summed E-state index contributed by atoms with van der Waals surface area (Å²) in [5.41, 5.74) is 7.04. The molecule has 0 bridgehead atoms. The lowest BCUT2D eigenvalue weighted by molar-refractivity contribution is 0.0949. The third-order valence-electron chi connectivity index (χ3n) is 3.96. The molecule has 6 nitrogen and oxygen atoms in total. The molecule has 1 aliphatic carbocycles. The first-order valence-electron chi connectivity index (χ1n) is 7.56. The minimum Gasteiger partial charge on any atom is -0.459 e. The molecule has 0 aromatic carbocycles. The number of hydrogen-bond acceptors (Lipinski definition) is 5. The van der Waals surface area contributed by atoms with Gasteiger partial charge in [0.15, 0.2) is 10.9 Å². The Bertz CT molecular complexity index is 796. The summed E-state index contributed by atoms with van der Waals surface area (Å²) in [6.07, 6.45) is 4.19. The Morgan fingerprint density at radius 3 is 2.92 bits per heavy atom. The molecule has 8 heteroatoms. The van der Waals surface area contributed by atoms with Crippen LogP contribution in [0.1, 0.15) is 44.7 Å². The Hall–Kier alpha value is -2.19. The van der Waals surface area contributed by atoms with Gasteiger partial charge in [0, 0.05) is 4.88 Å². The topological polar surface area (TPSA) is 97.4 Å². The van der Waals surface area contributed by atoms with Gasteiger partial charge in [0.25, 0.3) is 11.8 Å². The molecule has 0 fully saturated rings. The second-order valence-electron chi connectivity index (χ2n) is 5.81. The lowest BCUT2D eigenvalue weighted by Crippen LogP contribution is -2.34. The van der Waals surface area contributed by atoms with Crippen LogP contribution < -0.4 is 16.4 Å². The zero-order chi connectivity index (χ0) is 17.3. The predicted molar refractivity (Wildman–Crippen MR) is 96.4 cm³/mol. The van der Waals surface area contributed by atoms with E-state index >= 15 is 0 Å². The van der Waals surface area contributed by atoms with Crippen molar-refractivity contribution in [2.75, 3.05) is 5.32 Å². The molecule has 126 valence electrons. The van der Waals surface area contributed by atoms with Gasteiger partial charge in [0.05, 0.1) is 11.8 Å². The van der Waals surface area contributed by atoms with Crippen LogP contribution in [0.5, 0.6) is 0 Å². The average molecular weight is 363 g/mol. The van der Waals surface area contributed by atoms with Gasteiger partial charge in [-0.1, -0.05) is 6.92 Å². The molecule has 2 aromatic heterocycles. The monoisotopic (exact) mass is 363 g/mol. The van der Waals surface area contributed by atoms with Crippen LogP contribution in [-0.2, 0) is 12.8 Å². The number of anilines is 1. The lowest BCUT2D eigenvalue weighted by Gasteiger charge is -2.18. The van der Waals surface area contributed by atoms with E-state index in [2.05, 4.69) is 17.6 Å². The van der Waals surface area contributed by atoms with E-state index in [0.717, 1.165) is 29.7 Å². The number of amides is 2. The summed E-state index contributed by atoms with van der Waals surface area (Å²) < 4.78 is 5.02. The molecule has 0 spiro atoms. The van der Waals surface area contributed by atoms with Gasteiger partial charge in [0.2, 0.25) is 0 Å². The van der Waals surface area contributed by atoms with Crippen molar-refractivity contribution in [3.8, 4) is 0 Å². The Kier molecular flexibility index (Phi) is 4.68. The normalized spacial score (nSPS) is 16.3. The van der Waals surface area contributed by atoms with Crippen LogP contribution in [0.25, 0.3) is 0 Å². The van der Waals surface area contributed by atoms with Crippen molar-refractivity contribution in [1.82, 2.24) is 5.32 Å². The van der Waals surface area contributed by atoms with E-state index in [-0.39, 0.29) is 10.9 Å². The van der Waals surface area contributed by atoms with Crippen LogP contribution in [0.15, 0.2) is 22.8 Å². The minimum atomic E-state index is -0.482. The molecule has 0 saturated carbocycles. The summed E-state index contributed by atoms with van der Waals surface area (Å²) in [7, 11) is 0. The maximum Gasteiger partial charge on any atom is 0.293 e. The van der Waals surface area contributed by atoms with Crippen LogP contribution in [0.4, 0.5) is 5.00 Å². The largest absolute Gasteiger partial charge is 0.459 e. The van der Waals surface area contributed by atoms with Gasteiger partial charge < -0.3 is 15.5 Å². The maximum atomic E-state index is 11.9. The third kappa shape index (κ3) is 3.34. The Morgan fingerprint density at radius 1 is 1.46 bits per heavy atom. The van der Waals surface area contributed by atoms with Gasteiger partial charge in [-0.25, -0.2) is 0 Å². The van der Waals surface area contributed by atoms with E-state index in [1.54, 1.807) is 6.07 Å². The first kappa shape index (κ1) is 16.7. The van der Waals surface area contributed by atoms with Crippen LogP contribution in [0.3, 0.4) is 0 Å². The summed E-state index contributed by atoms with van der Waals surface area (Å²) in [5, 5.41) is 6.15. The molecule has 0 unspecified atom stereocenters. The predicted octanol–water partition coefficient (Wildman–Crippen LogP) is 2.69. The van der Waals surface area contributed by atoms with E-state index < -0.39 is 11.8 Å². The molecule has 4 N–H and O–H groups in total. The molecule has 2 amide bonds. The molecule has 1 aliphatic rings. The molecular weight excluding hydrogens is 346 g/mol. The van der Waals surface area contributed by atoms with E-state index in [9.17, 15) is 9.59 Å². The molecule has 1 atom stereocenters. The number of thiocarbonyl (C=S) groups is 1. The summed E-state index contributed by atoms with van der Waals surface area (Å²) in [6, 6.07) is 3.16. The van der Waals surface area contributed by atoms with Gasteiger partial charge >= 0.3 is 0 Å². The highest BCUT2D eigenvalue weighted by molar-refractivity contribution is 7.80. The molecule has 0 radical (unpaired) electrons. The van der Waals surface area contributed by atoms with Crippen molar-refractivity contribution >= 4 is 45.5 Å². The van der Waals surface area contributed by atoms with E-state index in [1.807, 2.05) is 0 Å². The smallest absolute Gasteiger partial charge is 0.293 e. The van der Waals surface area contributed by atoms with Gasteiger partial charge in [-0.15, -0.1) is 11.3 Å². The van der Waals surface area contributed by atoms with E-state index in [1.165, 1.54) is 23.7 Å². The van der Waals surface area contributed by atoms with Crippen molar-refractivity contribution < 1.29 is 14.0 Å². The first-order chi connectivity index (χ1) is 11.5. The molecular formula is C16H17N3O3S2. The van der Waals surface area contributed by atoms with Gasteiger partial charge in [-0.2, -0.15) is 0 Å². The summed E-state index contributed by atoms with van der Waals surface area (Å²) in [6.45, 7) is 2.19. The number of hydrogen-bond donors (Lipinski definition) is 3. The number of carbonyl (C=O) groups is 2. The van der Waals surface area contributed by atoms with Crippen molar-refractivity contribution in [2.45, 2.75) is 26.2 Å². The number of fused-ring (bicyclic) bond motifs is 1. The second kappa shape index (κ2) is 6.74. The van der Waals surface area contributed by atoms with Gasteiger partial charge in [-0.3, -0.25) is 14.9 Å². The average Bonchev–Trinajstić information content (AvgIpc) is 3.13.